The largest absolute Gasteiger partial charge is 0.312 e. The van der Waals surface area contributed by atoms with Gasteiger partial charge in [-0.1, -0.05) is 78.9 Å². The lowest BCUT2D eigenvalue weighted by molar-refractivity contribution is 1.18. The number of hydrogen-bond donors (Lipinski definition) is 0. The minimum Gasteiger partial charge on any atom is -0.312 e. The molecular weight excluding hydrogens is 316 g/mol. The normalized spacial score (nSPS) is 11.3. The molecule has 0 fully saturated rings. The van der Waals surface area contributed by atoms with Crippen molar-refractivity contribution in [3.8, 4) is 22.5 Å². The van der Waals surface area contributed by atoms with Crippen molar-refractivity contribution in [1.82, 2.24) is 9.38 Å². The third-order valence-electron chi connectivity index (χ3n) is 4.99. The SMILES string of the molecule is Cc1c2ccccc2n2cc(-c3ccccc3)nc(-c3ccccc3)c12. The predicted molar refractivity (Wildman–Crippen MR) is 108 cm³/mol. The number of aromatic nitrogens is 2. The highest BCUT2D eigenvalue weighted by Crippen LogP contribution is 2.34. The fourth-order valence-corrected chi connectivity index (χ4v) is 3.73. The highest BCUT2D eigenvalue weighted by Gasteiger charge is 2.16. The molecule has 0 spiro atoms. The van der Waals surface area contributed by atoms with Gasteiger partial charge in [-0.25, -0.2) is 4.98 Å². The molecule has 2 heterocycles. The summed E-state index contributed by atoms with van der Waals surface area (Å²) in [5, 5.41) is 1.27. The Morgan fingerprint density at radius 1 is 0.692 bits per heavy atom. The number of benzene rings is 3. The van der Waals surface area contributed by atoms with E-state index in [-0.39, 0.29) is 0 Å². The summed E-state index contributed by atoms with van der Waals surface area (Å²) in [7, 11) is 0. The molecule has 124 valence electrons. The summed E-state index contributed by atoms with van der Waals surface area (Å²) < 4.78 is 2.29. The van der Waals surface area contributed by atoms with Crippen LogP contribution in [-0.4, -0.2) is 9.38 Å². The van der Waals surface area contributed by atoms with E-state index < -0.39 is 0 Å². The summed E-state index contributed by atoms with van der Waals surface area (Å²) in [6, 6.07) is 29.4. The lowest BCUT2D eigenvalue weighted by Crippen LogP contribution is -1.96. The highest BCUT2D eigenvalue weighted by molar-refractivity contribution is 5.97. The van der Waals surface area contributed by atoms with Gasteiger partial charge in [-0.05, 0) is 18.6 Å². The first kappa shape index (κ1) is 14.9. The van der Waals surface area contributed by atoms with E-state index >= 15 is 0 Å². The van der Waals surface area contributed by atoms with Crippen LogP contribution in [0.2, 0.25) is 0 Å². The number of hydrogen-bond acceptors (Lipinski definition) is 1. The Morgan fingerprint density at radius 3 is 2.04 bits per heavy atom. The number of para-hydroxylation sites is 1. The smallest absolute Gasteiger partial charge is 0.0953 e. The summed E-state index contributed by atoms with van der Waals surface area (Å²) >= 11 is 0. The van der Waals surface area contributed by atoms with E-state index in [4.69, 9.17) is 4.98 Å². The minimum atomic E-state index is 0.984. The first-order valence-electron chi connectivity index (χ1n) is 8.84. The molecule has 2 heteroatoms. The van der Waals surface area contributed by atoms with Gasteiger partial charge in [-0.3, -0.25) is 0 Å². The predicted octanol–water partition coefficient (Wildman–Crippen LogP) is 6.13. The molecule has 0 atom stereocenters. The molecule has 0 saturated heterocycles. The van der Waals surface area contributed by atoms with Crippen LogP contribution in [-0.2, 0) is 0 Å². The van der Waals surface area contributed by atoms with E-state index in [1.807, 2.05) is 12.1 Å². The van der Waals surface area contributed by atoms with Gasteiger partial charge in [0.1, 0.15) is 0 Å². The zero-order valence-corrected chi connectivity index (χ0v) is 14.6. The molecule has 0 radical (unpaired) electrons. The van der Waals surface area contributed by atoms with Crippen molar-refractivity contribution in [3.05, 3.63) is 96.7 Å². The van der Waals surface area contributed by atoms with Crippen LogP contribution in [0.1, 0.15) is 5.56 Å². The van der Waals surface area contributed by atoms with Gasteiger partial charge in [0.05, 0.1) is 22.4 Å². The van der Waals surface area contributed by atoms with E-state index in [9.17, 15) is 0 Å². The van der Waals surface area contributed by atoms with Gasteiger partial charge < -0.3 is 4.40 Å². The number of rotatable bonds is 2. The second-order valence-corrected chi connectivity index (χ2v) is 6.57. The molecule has 5 aromatic rings. The molecule has 3 aromatic carbocycles. The minimum absolute atomic E-state index is 0.984. The molecule has 0 amide bonds. The Balaban J connectivity index is 1.94. The summed E-state index contributed by atoms with van der Waals surface area (Å²) in [5.41, 5.74) is 7.95. The Hall–Kier alpha value is -3.39. The topological polar surface area (TPSA) is 17.3 Å². The van der Waals surface area contributed by atoms with Gasteiger partial charge in [0.2, 0.25) is 0 Å². The maximum Gasteiger partial charge on any atom is 0.0953 e. The van der Waals surface area contributed by atoms with Gasteiger partial charge in [0.25, 0.3) is 0 Å². The van der Waals surface area contributed by atoms with Crippen molar-refractivity contribution in [2.75, 3.05) is 0 Å². The molecule has 0 aliphatic carbocycles. The molecule has 2 nitrogen and oxygen atoms in total. The Kier molecular flexibility index (Phi) is 3.36. The van der Waals surface area contributed by atoms with Crippen molar-refractivity contribution in [2.45, 2.75) is 6.92 Å². The second-order valence-electron chi connectivity index (χ2n) is 6.57. The van der Waals surface area contributed by atoms with Crippen LogP contribution in [0.5, 0.6) is 0 Å². The number of aryl methyl sites for hydroxylation is 1. The summed E-state index contributed by atoms with van der Waals surface area (Å²) in [5.74, 6) is 0. The Labute approximate surface area is 152 Å². The molecule has 2 aromatic heterocycles. The first-order valence-corrected chi connectivity index (χ1v) is 8.84. The average Bonchev–Trinajstić information content (AvgIpc) is 3.01. The van der Waals surface area contributed by atoms with Crippen molar-refractivity contribution in [2.24, 2.45) is 0 Å². The van der Waals surface area contributed by atoms with E-state index in [2.05, 4.69) is 90.3 Å². The average molecular weight is 334 g/mol. The summed E-state index contributed by atoms with van der Waals surface area (Å²) in [6.07, 6.45) is 2.16. The van der Waals surface area contributed by atoms with Crippen LogP contribution >= 0.6 is 0 Å². The third kappa shape index (κ3) is 2.23. The van der Waals surface area contributed by atoms with E-state index in [0.717, 1.165) is 22.5 Å². The molecule has 0 aliphatic heterocycles. The second kappa shape index (κ2) is 5.85. The van der Waals surface area contributed by atoms with Gasteiger partial charge in [0.15, 0.2) is 0 Å². The summed E-state index contributed by atoms with van der Waals surface area (Å²) in [6.45, 7) is 2.19. The summed E-state index contributed by atoms with van der Waals surface area (Å²) in [4.78, 5) is 5.08. The lowest BCUT2D eigenvalue weighted by atomic mass is 10.1. The van der Waals surface area contributed by atoms with Crippen molar-refractivity contribution in [3.63, 3.8) is 0 Å². The number of nitrogens with zero attached hydrogens (tertiary/aromatic N) is 2. The maximum atomic E-state index is 5.08. The third-order valence-corrected chi connectivity index (χ3v) is 4.99. The molecular formula is C24H18N2. The van der Waals surface area contributed by atoms with E-state index in [1.54, 1.807) is 0 Å². The number of fused-ring (bicyclic) bond motifs is 3. The molecule has 0 saturated carbocycles. The molecule has 5 rings (SSSR count). The van der Waals surface area contributed by atoms with Crippen molar-refractivity contribution < 1.29 is 0 Å². The van der Waals surface area contributed by atoms with E-state index in [0.29, 0.717) is 0 Å². The van der Waals surface area contributed by atoms with Crippen LogP contribution in [0.4, 0.5) is 0 Å². The molecule has 0 unspecified atom stereocenters. The standard InChI is InChI=1S/C24H18N2/c1-17-20-14-8-9-15-22(20)26-16-21(18-10-4-2-5-11-18)25-23(24(17)26)19-12-6-3-7-13-19/h2-16H,1H3. The van der Waals surface area contributed by atoms with Crippen molar-refractivity contribution >= 4 is 16.4 Å². The fourth-order valence-electron chi connectivity index (χ4n) is 3.73. The van der Waals surface area contributed by atoms with Crippen LogP contribution in [0, 0.1) is 6.92 Å². The zero-order valence-electron chi connectivity index (χ0n) is 14.6. The molecule has 0 N–H and O–H groups in total. The Bertz CT molecular complexity index is 1220. The quantitative estimate of drug-likeness (QED) is 0.379. The van der Waals surface area contributed by atoms with Crippen LogP contribution in [0.15, 0.2) is 91.1 Å². The van der Waals surface area contributed by atoms with Gasteiger partial charge in [-0.15, -0.1) is 0 Å². The van der Waals surface area contributed by atoms with E-state index in [1.165, 1.54) is 22.0 Å². The Morgan fingerprint density at radius 2 is 1.31 bits per heavy atom. The molecule has 0 bridgehead atoms. The van der Waals surface area contributed by atoms with Gasteiger partial charge in [0, 0.05) is 22.7 Å². The first-order chi connectivity index (χ1) is 12.8. The maximum absolute atomic E-state index is 5.08. The fraction of sp³-hybridized carbons (Fsp3) is 0.0417. The van der Waals surface area contributed by atoms with Gasteiger partial charge >= 0.3 is 0 Å². The monoisotopic (exact) mass is 334 g/mol. The lowest BCUT2D eigenvalue weighted by Gasteiger charge is -2.10. The van der Waals surface area contributed by atoms with Gasteiger partial charge in [-0.2, -0.15) is 0 Å². The van der Waals surface area contributed by atoms with Crippen molar-refractivity contribution in [1.29, 1.82) is 0 Å². The van der Waals surface area contributed by atoms with Crippen LogP contribution in [0.25, 0.3) is 38.9 Å². The zero-order chi connectivity index (χ0) is 17.5. The molecule has 0 aliphatic rings. The molecule has 26 heavy (non-hydrogen) atoms. The highest BCUT2D eigenvalue weighted by atomic mass is 14.9. The van der Waals surface area contributed by atoms with Crippen LogP contribution < -0.4 is 0 Å². The van der Waals surface area contributed by atoms with Crippen LogP contribution in [0.3, 0.4) is 0 Å².